The molecule has 1 N–H and O–H groups in total. The monoisotopic (exact) mass is 218 g/mol. The van der Waals surface area contributed by atoms with Crippen LogP contribution in [0.15, 0.2) is 18.7 Å². The molecule has 2 heteroatoms. The fourth-order valence-corrected chi connectivity index (χ4v) is 2.19. The second kappa shape index (κ2) is 3.55. The summed E-state index contributed by atoms with van der Waals surface area (Å²) in [6.45, 7) is 9.77. The van der Waals surface area contributed by atoms with E-state index in [0.29, 0.717) is 5.75 Å². The maximum absolute atomic E-state index is 9.77. The summed E-state index contributed by atoms with van der Waals surface area (Å²) in [4.78, 5) is 0. The third kappa shape index (κ3) is 1.58. The predicted octanol–water partition coefficient (Wildman–Crippen LogP) is 3.28. The van der Waals surface area contributed by atoms with Crippen molar-refractivity contribution in [3.63, 3.8) is 0 Å². The molecule has 2 nitrogen and oxygen atoms in total. The van der Waals surface area contributed by atoms with E-state index in [9.17, 15) is 5.11 Å². The number of phenols is 1. The van der Waals surface area contributed by atoms with Crippen molar-refractivity contribution in [2.24, 2.45) is 0 Å². The van der Waals surface area contributed by atoms with Gasteiger partial charge in [0.2, 0.25) is 0 Å². The van der Waals surface area contributed by atoms with E-state index in [4.69, 9.17) is 4.74 Å². The first-order valence-electron chi connectivity index (χ1n) is 5.61. The number of ether oxygens (including phenoxy) is 1. The summed E-state index contributed by atoms with van der Waals surface area (Å²) < 4.78 is 6.01. The van der Waals surface area contributed by atoms with E-state index >= 15 is 0 Å². The molecule has 16 heavy (non-hydrogen) atoms. The number of rotatable bonds is 1. The van der Waals surface area contributed by atoms with Gasteiger partial charge in [-0.3, -0.25) is 0 Å². The maximum Gasteiger partial charge on any atom is 0.127 e. The Hall–Kier alpha value is -1.44. The van der Waals surface area contributed by atoms with E-state index in [2.05, 4.69) is 6.58 Å². The van der Waals surface area contributed by atoms with Gasteiger partial charge in [0.25, 0.3) is 0 Å². The van der Waals surface area contributed by atoms with Crippen molar-refractivity contribution in [1.82, 2.24) is 0 Å². The Morgan fingerprint density at radius 1 is 1.50 bits per heavy atom. The number of fused-ring (bicyclic) bond motifs is 1. The second-order valence-electron chi connectivity index (χ2n) is 4.76. The van der Waals surface area contributed by atoms with Gasteiger partial charge < -0.3 is 9.84 Å². The van der Waals surface area contributed by atoms with Crippen molar-refractivity contribution >= 4 is 0 Å². The fraction of sp³-hybridized carbons (Fsp3) is 0.429. The molecule has 0 bridgehead atoms. The van der Waals surface area contributed by atoms with Crippen LogP contribution in [0.25, 0.3) is 0 Å². The first-order chi connectivity index (χ1) is 7.47. The second-order valence-corrected chi connectivity index (χ2v) is 4.76. The van der Waals surface area contributed by atoms with Gasteiger partial charge in [0, 0.05) is 5.56 Å². The molecule has 1 heterocycles. The third-order valence-electron chi connectivity index (χ3n) is 3.46. The highest BCUT2D eigenvalue weighted by molar-refractivity contribution is 5.53. The fourth-order valence-electron chi connectivity index (χ4n) is 2.19. The van der Waals surface area contributed by atoms with Gasteiger partial charge in [0.05, 0.1) is 0 Å². The van der Waals surface area contributed by atoms with Crippen LogP contribution in [0.2, 0.25) is 0 Å². The zero-order valence-electron chi connectivity index (χ0n) is 10.1. The molecule has 0 aromatic heterocycles. The average Bonchev–Trinajstić information content (AvgIpc) is 2.26. The maximum atomic E-state index is 9.77. The smallest absolute Gasteiger partial charge is 0.127 e. The Balaban J connectivity index is 2.55. The summed E-state index contributed by atoms with van der Waals surface area (Å²) in [5.74, 6) is 1.28. The lowest BCUT2D eigenvalue weighted by molar-refractivity contribution is 0.113. The lowest BCUT2D eigenvalue weighted by atomic mass is 9.89. The van der Waals surface area contributed by atoms with Crippen LogP contribution in [0, 0.1) is 13.8 Å². The summed E-state index contributed by atoms with van der Waals surface area (Å²) in [6.07, 6.45) is 3.70. The van der Waals surface area contributed by atoms with E-state index < -0.39 is 0 Å². The molecule has 1 aliphatic heterocycles. The third-order valence-corrected chi connectivity index (χ3v) is 3.46. The highest BCUT2D eigenvalue weighted by Gasteiger charge is 2.30. The Morgan fingerprint density at radius 2 is 2.19 bits per heavy atom. The van der Waals surface area contributed by atoms with Crippen LogP contribution in [-0.4, -0.2) is 10.7 Å². The molecular weight excluding hydrogens is 200 g/mol. The molecule has 1 aromatic rings. The standard InChI is InChI=1S/C14H18O2/c1-5-14(4)7-6-11-10(3)12(15)8-9(2)13(11)16-14/h5,8,15H,1,6-7H2,2-4H3/t14-/m1/s1. The quantitative estimate of drug-likeness (QED) is 0.733. The van der Waals surface area contributed by atoms with Crippen LogP contribution < -0.4 is 4.74 Å². The zero-order chi connectivity index (χ0) is 11.9. The van der Waals surface area contributed by atoms with Crippen molar-refractivity contribution in [3.8, 4) is 11.5 Å². The molecule has 1 atom stereocenters. The van der Waals surface area contributed by atoms with Gasteiger partial charge in [-0.1, -0.05) is 6.58 Å². The number of hydrogen-bond acceptors (Lipinski definition) is 2. The first-order valence-corrected chi connectivity index (χ1v) is 5.61. The highest BCUT2D eigenvalue weighted by atomic mass is 16.5. The lowest BCUT2D eigenvalue weighted by Gasteiger charge is -2.35. The minimum Gasteiger partial charge on any atom is -0.508 e. The molecular formula is C14H18O2. The van der Waals surface area contributed by atoms with Crippen LogP contribution >= 0.6 is 0 Å². The SMILES string of the molecule is C=C[C@]1(C)CCc2c(C)c(O)cc(C)c2O1. The molecule has 0 saturated carbocycles. The van der Waals surface area contributed by atoms with Crippen LogP contribution in [0.4, 0.5) is 0 Å². The highest BCUT2D eigenvalue weighted by Crippen LogP contribution is 2.40. The summed E-state index contributed by atoms with van der Waals surface area (Å²) >= 11 is 0. The molecule has 0 spiro atoms. The molecule has 0 aliphatic carbocycles. The van der Waals surface area contributed by atoms with Crippen LogP contribution in [0.1, 0.15) is 30.0 Å². The summed E-state index contributed by atoms with van der Waals surface area (Å²) in [6, 6.07) is 1.77. The van der Waals surface area contributed by atoms with Gasteiger partial charge in [-0.25, -0.2) is 0 Å². The van der Waals surface area contributed by atoms with Crippen molar-refractivity contribution in [2.75, 3.05) is 0 Å². The van der Waals surface area contributed by atoms with Gasteiger partial charge in [0.1, 0.15) is 17.1 Å². The van der Waals surface area contributed by atoms with E-state index in [1.54, 1.807) is 6.07 Å². The van der Waals surface area contributed by atoms with Gasteiger partial charge in [-0.2, -0.15) is 0 Å². The molecule has 0 radical (unpaired) electrons. The molecule has 1 aliphatic rings. The van der Waals surface area contributed by atoms with Gasteiger partial charge >= 0.3 is 0 Å². The number of benzene rings is 1. The summed E-state index contributed by atoms with van der Waals surface area (Å²) in [5, 5.41) is 9.77. The van der Waals surface area contributed by atoms with Crippen LogP contribution in [-0.2, 0) is 6.42 Å². The van der Waals surface area contributed by atoms with Crippen LogP contribution in [0.5, 0.6) is 11.5 Å². The van der Waals surface area contributed by atoms with E-state index in [-0.39, 0.29) is 5.60 Å². The predicted molar refractivity (Wildman–Crippen MR) is 65.1 cm³/mol. The number of aryl methyl sites for hydroxylation is 1. The van der Waals surface area contributed by atoms with Crippen molar-refractivity contribution in [2.45, 2.75) is 39.2 Å². The minimum atomic E-state index is -0.277. The average molecular weight is 218 g/mol. The number of aromatic hydroxyl groups is 1. The molecule has 0 amide bonds. The Morgan fingerprint density at radius 3 is 2.81 bits per heavy atom. The topological polar surface area (TPSA) is 29.5 Å². The van der Waals surface area contributed by atoms with Gasteiger partial charge in [-0.15, -0.1) is 0 Å². The summed E-state index contributed by atoms with van der Waals surface area (Å²) in [7, 11) is 0. The van der Waals surface area contributed by atoms with E-state index in [1.165, 1.54) is 0 Å². The largest absolute Gasteiger partial charge is 0.508 e. The van der Waals surface area contributed by atoms with E-state index in [1.807, 2.05) is 26.8 Å². The van der Waals surface area contributed by atoms with E-state index in [0.717, 1.165) is 35.3 Å². The summed E-state index contributed by atoms with van der Waals surface area (Å²) in [5.41, 5.74) is 2.79. The Bertz CT molecular complexity index is 449. The normalized spacial score (nSPS) is 23.4. The van der Waals surface area contributed by atoms with Crippen molar-refractivity contribution in [1.29, 1.82) is 0 Å². The Labute approximate surface area is 96.6 Å². The molecule has 2 rings (SSSR count). The van der Waals surface area contributed by atoms with Crippen molar-refractivity contribution in [3.05, 3.63) is 35.4 Å². The lowest BCUT2D eigenvalue weighted by Crippen LogP contribution is -2.34. The van der Waals surface area contributed by atoms with Gasteiger partial charge in [-0.05, 0) is 56.9 Å². The molecule has 1 aromatic carbocycles. The first kappa shape index (κ1) is 11.1. The molecule has 86 valence electrons. The van der Waals surface area contributed by atoms with Crippen LogP contribution in [0.3, 0.4) is 0 Å². The molecule has 0 fully saturated rings. The molecule has 0 saturated heterocycles. The number of phenolic OH excluding ortho intramolecular Hbond substituents is 1. The molecule has 0 unspecified atom stereocenters. The zero-order valence-corrected chi connectivity index (χ0v) is 10.1. The Kier molecular flexibility index (Phi) is 2.45. The number of hydrogen-bond donors (Lipinski definition) is 1. The van der Waals surface area contributed by atoms with Gasteiger partial charge in [0.15, 0.2) is 0 Å². The van der Waals surface area contributed by atoms with Crippen molar-refractivity contribution < 1.29 is 9.84 Å². The minimum absolute atomic E-state index is 0.277.